The van der Waals surface area contributed by atoms with Gasteiger partial charge in [0.1, 0.15) is 16.5 Å². The SMILES string of the molecule is COc1ccc(NC(=O)c2cccc(NC3=C(Cl)C(=O)N(c4cccc(Cl)c4)C3=O)c2)cc1. The highest BCUT2D eigenvalue weighted by Gasteiger charge is 2.39. The van der Waals surface area contributed by atoms with E-state index in [1.165, 1.54) is 6.07 Å². The third-order valence-electron chi connectivity index (χ3n) is 4.84. The lowest BCUT2D eigenvalue weighted by molar-refractivity contribution is -0.120. The van der Waals surface area contributed by atoms with Crippen molar-refractivity contribution in [3.8, 4) is 5.75 Å². The first kappa shape index (κ1) is 22.4. The summed E-state index contributed by atoms with van der Waals surface area (Å²) in [5.74, 6) is -0.967. The van der Waals surface area contributed by atoms with Crippen molar-refractivity contribution in [2.75, 3.05) is 22.6 Å². The Balaban J connectivity index is 1.52. The van der Waals surface area contributed by atoms with Crippen molar-refractivity contribution in [2.45, 2.75) is 0 Å². The van der Waals surface area contributed by atoms with Gasteiger partial charge in [-0.1, -0.05) is 35.3 Å². The van der Waals surface area contributed by atoms with E-state index >= 15 is 0 Å². The predicted molar refractivity (Wildman–Crippen MR) is 128 cm³/mol. The maximum absolute atomic E-state index is 12.9. The Morgan fingerprint density at radius 2 is 1.61 bits per heavy atom. The first-order valence-corrected chi connectivity index (χ1v) is 10.5. The Kier molecular flexibility index (Phi) is 6.35. The molecule has 0 unspecified atom stereocenters. The molecule has 0 saturated carbocycles. The molecule has 2 N–H and O–H groups in total. The van der Waals surface area contributed by atoms with Crippen molar-refractivity contribution >= 4 is 58.0 Å². The normalized spacial score (nSPS) is 13.4. The van der Waals surface area contributed by atoms with E-state index in [4.69, 9.17) is 27.9 Å². The maximum atomic E-state index is 12.9. The van der Waals surface area contributed by atoms with Crippen LogP contribution in [0.2, 0.25) is 5.02 Å². The number of rotatable bonds is 6. The number of anilines is 3. The van der Waals surface area contributed by atoms with E-state index in [0.717, 1.165) is 4.90 Å². The second kappa shape index (κ2) is 9.36. The van der Waals surface area contributed by atoms with Gasteiger partial charge in [-0.2, -0.15) is 0 Å². The van der Waals surface area contributed by atoms with Gasteiger partial charge >= 0.3 is 0 Å². The Bertz CT molecular complexity index is 1290. The molecule has 33 heavy (non-hydrogen) atoms. The number of hydrogen-bond donors (Lipinski definition) is 2. The van der Waals surface area contributed by atoms with Crippen LogP contribution in [0.15, 0.2) is 83.5 Å². The zero-order valence-electron chi connectivity index (χ0n) is 17.3. The monoisotopic (exact) mass is 481 g/mol. The fourth-order valence-electron chi connectivity index (χ4n) is 3.22. The Hall–Kier alpha value is -3.81. The van der Waals surface area contributed by atoms with Crippen molar-refractivity contribution in [1.29, 1.82) is 0 Å². The second-order valence-electron chi connectivity index (χ2n) is 7.00. The summed E-state index contributed by atoms with van der Waals surface area (Å²) in [6, 6.07) is 19.7. The minimum Gasteiger partial charge on any atom is -0.497 e. The molecule has 166 valence electrons. The lowest BCUT2D eigenvalue weighted by Gasteiger charge is -2.15. The number of imide groups is 1. The molecule has 0 aliphatic carbocycles. The molecule has 1 aliphatic rings. The molecule has 0 atom stereocenters. The Morgan fingerprint density at radius 1 is 0.879 bits per heavy atom. The van der Waals surface area contributed by atoms with Crippen molar-refractivity contribution in [2.24, 2.45) is 0 Å². The minimum absolute atomic E-state index is 0.0886. The van der Waals surface area contributed by atoms with Crippen LogP contribution in [0, 0.1) is 0 Å². The molecular weight excluding hydrogens is 465 g/mol. The Labute approximate surface area is 199 Å². The van der Waals surface area contributed by atoms with Crippen LogP contribution in [-0.4, -0.2) is 24.8 Å². The minimum atomic E-state index is -0.667. The molecule has 0 fully saturated rings. The molecule has 4 rings (SSSR count). The molecule has 0 saturated heterocycles. The van der Waals surface area contributed by atoms with Gasteiger partial charge < -0.3 is 15.4 Å². The number of methoxy groups -OCH3 is 1. The summed E-state index contributed by atoms with van der Waals surface area (Å²) in [6.45, 7) is 0. The first-order valence-electron chi connectivity index (χ1n) is 9.74. The molecule has 3 amide bonds. The highest BCUT2D eigenvalue weighted by Crippen LogP contribution is 2.31. The van der Waals surface area contributed by atoms with E-state index in [1.807, 2.05) is 0 Å². The highest BCUT2D eigenvalue weighted by atomic mass is 35.5. The predicted octanol–water partition coefficient (Wildman–Crippen LogP) is 5.04. The van der Waals surface area contributed by atoms with Gasteiger partial charge in [-0.25, -0.2) is 4.90 Å². The van der Waals surface area contributed by atoms with Crippen LogP contribution in [0.25, 0.3) is 0 Å². The highest BCUT2D eigenvalue weighted by molar-refractivity contribution is 6.53. The summed E-state index contributed by atoms with van der Waals surface area (Å²) in [7, 11) is 1.56. The molecule has 3 aromatic rings. The number of amides is 3. The van der Waals surface area contributed by atoms with Crippen molar-refractivity contribution in [1.82, 2.24) is 0 Å². The van der Waals surface area contributed by atoms with Crippen molar-refractivity contribution < 1.29 is 19.1 Å². The fourth-order valence-corrected chi connectivity index (χ4v) is 3.62. The lowest BCUT2D eigenvalue weighted by atomic mass is 10.1. The van der Waals surface area contributed by atoms with Gasteiger partial charge in [0, 0.05) is 22.0 Å². The summed E-state index contributed by atoms with van der Waals surface area (Å²) < 4.78 is 5.11. The average Bonchev–Trinajstić information content (AvgIpc) is 3.03. The van der Waals surface area contributed by atoms with Gasteiger partial charge in [-0.05, 0) is 60.7 Å². The number of halogens is 2. The quantitative estimate of drug-likeness (QED) is 0.481. The lowest BCUT2D eigenvalue weighted by Crippen LogP contribution is -2.32. The molecule has 7 nitrogen and oxygen atoms in total. The zero-order valence-corrected chi connectivity index (χ0v) is 18.8. The molecule has 0 spiro atoms. The molecule has 1 heterocycles. The van der Waals surface area contributed by atoms with E-state index in [1.54, 1.807) is 73.8 Å². The summed E-state index contributed by atoms with van der Waals surface area (Å²) >= 11 is 12.2. The largest absolute Gasteiger partial charge is 0.497 e. The number of carbonyl (C=O) groups excluding carboxylic acids is 3. The number of carbonyl (C=O) groups is 3. The summed E-state index contributed by atoms with van der Waals surface area (Å²) in [4.78, 5) is 39.1. The zero-order chi connectivity index (χ0) is 23.5. The number of benzene rings is 3. The third-order valence-corrected chi connectivity index (χ3v) is 5.42. The molecular formula is C24H17Cl2N3O4. The number of nitrogens with one attached hydrogen (secondary N) is 2. The van der Waals surface area contributed by atoms with Gasteiger partial charge in [-0.15, -0.1) is 0 Å². The van der Waals surface area contributed by atoms with Crippen molar-refractivity contribution in [3.05, 3.63) is 94.1 Å². The van der Waals surface area contributed by atoms with Gasteiger partial charge in [-0.3, -0.25) is 14.4 Å². The van der Waals surface area contributed by atoms with Gasteiger partial charge in [0.05, 0.1) is 12.8 Å². The Morgan fingerprint density at radius 3 is 2.30 bits per heavy atom. The molecule has 0 aromatic heterocycles. The number of nitrogens with zero attached hydrogens (tertiary/aromatic N) is 1. The number of hydrogen-bond acceptors (Lipinski definition) is 5. The molecule has 0 bridgehead atoms. The van der Waals surface area contributed by atoms with Gasteiger partial charge in [0.2, 0.25) is 0 Å². The standard InChI is InChI=1S/C24H17Cl2N3O4/c1-33-19-10-8-16(9-11-19)28-22(30)14-4-2-6-17(12-14)27-21-20(26)23(31)29(24(21)32)18-7-3-5-15(25)13-18/h2-13,27H,1H3,(H,28,30). The van der Waals surface area contributed by atoms with Crippen LogP contribution < -0.4 is 20.3 Å². The van der Waals surface area contributed by atoms with E-state index in [9.17, 15) is 14.4 Å². The van der Waals surface area contributed by atoms with Crippen LogP contribution in [0.3, 0.4) is 0 Å². The van der Waals surface area contributed by atoms with E-state index < -0.39 is 11.8 Å². The van der Waals surface area contributed by atoms with Crippen molar-refractivity contribution in [3.63, 3.8) is 0 Å². The maximum Gasteiger partial charge on any atom is 0.283 e. The smallest absolute Gasteiger partial charge is 0.283 e. The first-order chi connectivity index (χ1) is 15.9. The number of ether oxygens (including phenoxy) is 1. The van der Waals surface area contributed by atoms with E-state index in [2.05, 4.69) is 10.6 Å². The second-order valence-corrected chi connectivity index (χ2v) is 7.82. The van der Waals surface area contributed by atoms with Crippen LogP contribution in [0.5, 0.6) is 5.75 Å². The summed E-state index contributed by atoms with van der Waals surface area (Å²) in [5, 5.41) is 5.77. The van der Waals surface area contributed by atoms with Crippen LogP contribution in [0.4, 0.5) is 17.1 Å². The van der Waals surface area contributed by atoms with Crippen LogP contribution in [-0.2, 0) is 9.59 Å². The summed E-state index contributed by atoms with van der Waals surface area (Å²) in [5.41, 5.74) is 1.57. The topological polar surface area (TPSA) is 87.7 Å². The van der Waals surface area contributed by atoms with Crippen LogP contribution >= 0.6 is 23.2 Å². The third kappa shape index (κ3) is 4.69. The van der Waals surface area contributed by atoms with E-state index in [-0.39, 0.29) is 16.6 Å². The molecule has 9 heteroatoms. The van der Waals surface area contributed by atoms with Gasteiger partial charge in [0.25, 0.3) is 17.7 Å². The molecule has 0 radical (unpaired) electrons. The molecule has 3 aromatic carbocycles. The van der Waals surface area contributed by atoms with Crippen LogP contribution in [0.1, 0.15) is 10.4 Å². The summed E-state index contributed by atoms with van der Waals surface area (Å²) in [6.07, 6.45) is 0. The molecule has 1 aliphatic heterocycles. The average molecular weight is 482 g/mol. The van der Waals surface area contributed by atoms with Gasteiger partial charge in [0.15, 0.2) is 0 Å². The van der Waals surface area contributed by atoms with E-state index in [0.29, 0.717) is 33.4 Å². The fraction of sp³-hybridized carbons (Fsp3) is 0.0417.